The van der Waals surface area contributed by atoms with Crippen LogP contribution in [-0.2, 0) is 9.53 Å². The molecular weight excluding hydrogens is 597 g/mol. The van der Waals surface area contributed by atoms with Gasteiger partial charge in [-0.3, -0.25) is 9.36 Å². The Hall–Kier alpha value is -4.87. The van der Waals surface area contributed by atoms with Crippen LogP contribution in [0, 0.1) is 0 Å². The number of rotatable bonds is 7. The van der Waals surface area contributed by atoms with Gasteiger partial charge in [-0.1, -0.05) is 53.8 Å². The summed E-state index contributed by atoms with van der Waals surface area (Å²) in [5.41, 5.74) is 2.99. The zero-order valence-electron chi connectivity index (χ0n) is 24.0. The van der Waals surface area contributed by atoms with Crippen LogP contribution >= 0.6 is 23.1 Å². The fourth-order valence-corrected chi connectivity index (χ4v) is 7.27. The van der Waals surface area contributed by atoms with Crippen LogP contribution in [-0.4, -0.2) is 34.2 Å². The molecule has 0 radical (unpaired) electrons. The third-order valence-corrected chi connectivity index (χ3v) is 9.17. The molecule has 11 heteroatoms. The molecule has 3 aromatic carbocycles. The number of allylic oxidation sites excluding steroid dienone is 1. The summed E-state index contributed by atoms with van der Waals surface area (Å²) in [4.78, 5) is 40.6. The summed E-state index contributed by atoms with van der Waals surface area (Å²) in [7, 11) is 1.58. The first-order valence-corrected chi connectivity index (χ1v) is 15.6. The Bertz CT molecular complexity index is 2260. The van der Waals surface area contributed by atoms with Crippen LogP contribution in [0.3, 0.4) is 0 Å². The zero-order chi connectivity index (χ0) is 30.4. The van der Waals surface area contributed by atoms with E-state index in [2.05, 4.69) is 9.97 Å². The van der Waals surface area contributed by atoms with Crippen LogP contribution in [0.1, 0.15) is 31.2 Å². The first kappa shape index (κ1) is 27.9. The molecule has 0 bridgehead atoms. The number of aromatic nitrogens is 3. The van der Waals surface area contributed by atoms with E-state index in [-0.39, 0.29) is 12.2 Å². The number of nitrogens with one attached hydrogen (secondary N) is 1. The average Bonchev–Trinajstić information content (AvgIpc) is 3.73. The number of benzene rings is 3. The minimum atomic E-state index is -0.815. The standard InChI is InChI=1S/C33H26N4O5S2/c1-4-41-31(39)27-18(2)34-33-37(29(27)28-21-10-6-5-9-19(21)13-15-24(28)40-3)30(38)25(43-33)17-20-14-16-26(42-20)44-32-35-22-11-7-8-12-23(22)36-32/h5-17,29H,4H2,1-3H3,(H,35,36)/b25-17+/t29-/m1/s1. The van der Waals surface area contributed by atoms with E-state index in [0.29, 0.717) is 47.9 Å². The smallest absolute Gasteiger partial charge is 0.338 e. The molecule has 1 aliphatic heterocycles. The van der Waals surface area contributed by atoms with Crippen molar-refractivity contribution in [3.05, 3.63) is 115 Å². The molecule has 220 valence electrons. The predicted molar refractivity (Wildman–Crippen MR) is 170 cm³/mol. The lowest BCUT2D eigenvalue weighted by molar-refractivity contribution is -0.139. The van der Waals surface area contributed by atoms with Gasteiger partial charge in [0.25, 0.3) is 5.56 Å². The van der Waals surface area contributed by atoms with Crippen LogP contribution in [0.5, 0.6) is 5.75 Å². The molecule has 9 nitrogen and oxygen atoms in total. The highest BCUT2D eigenvalue weighted by Gasteiger charge is 2.36. The molecule has 7 rings (SSSR count). The van der Waals surface area contributed by atoms with E-state index in [1.807, 2.05) is 72.8 Å². The third kappa shape index (κ3) is 4.83. The summed E-state index contributed by atoms with van der Waals surface area (Å²) < 4.78 is 19.3. The van der Waals surface area contributed by atoms with Gasteiger partial charge in [0, 0.05) is 11.6 Å². The molecule has 3 aromatic heterocycles. The van der Waals surface area contributed by atoms with Gasteiger partial charge in [0.15, 0.2) is 15.1 Å². The summed E-state index contributed by atoms with van der Waals surface area (Å²) in [6.45, 7) is 3.70. The molecule has 0 aliphatic carbocycles. The van der Waals surface area contributed by atoms with Gasteiger partial charge in [-0.15, -0.1) is 0 Å². The fraction of sp³-hybridized carbons (Fsp3) is 0.152. The maximum atomic E-state index is 14.2. The van der Waals surface area contributed by atoms with Crippen molar-refractivity contribution in [2.24, 2.45) is 4.99 Å². The Morgan fingerprint density at radius 3 is 2.75 bits per heavy atom. The van der Waals surface area contributed by atoms with Gasteiger partial charge in [-0.2, -0.15) is 0 Å². The lowest BCUT2D eigenvalue weighted by Crippen LogP contribution is -2.40. The second-order valence-electron chi connectivity index (χ2n) is 10.0. The van der Waals surface area contributed by atoms with E-state index in [4.69, 9.17) is 18.9 Å². The highest BCUT2D eigenvalue weighted by atomic mass is 32.2. The summed E-state index contributed by atoms with van der Waals surface area (Å²) in [5, 5.41) is 3.15. The lowest BCUT2D eigenvalue weighted by atomic mass is 9.90. The van der Waals surface area contributed by atoms with E-state index in [1.165, 1.54) is 23.1 Å². The summed E-state index contributed by atoms with van der Waals surface area (Å²) in [5.74, 6) is 0.536. The number of hydrogen-bond donors (Lipinski definition) is 1. The molecule has 6 aromatic rings. The molecule has 1 aliphatic rings. The summed E-state index contributed by atoms with van der Waals surface area (Å²) in [6.07, 6.45) is 1.70. The Morgan fingerprint density at radius 1 is 1.11 bits per heavy atom. The molecular formula is C33H26N4O5S2. The molecule has 0 saturated heterocycles. The number of methoxy groups -OCH3 is 1. The number of carbonyl (C=O) groups excluding carboxylic acids is 1. The topological polar surface area (TPSA) is 112 Å². The number of aromatic amines is 1. The largest absolute Gasteiger partial charge is 0.496 e. The second-order valence-corrected chi connectivity index (χ2v) is 12.0. The molecule has 0 amide bonds. The predicted octanol–water partition coefficient (Wildman–Crippen LogP) is 5.58. The number of thiazole rings is 1. The number of hydrogen-bond acceptors (Lipinski definition) is 9. The van der Waals surface area contributed by atoms with Crippen molar-refractivity contribution in [2.45, 2.75) is 30.1 Å². The normalized spacial score (nSPS) is 15.1. The average molecular weight is 623 g/mol. The van der Waals surface area contributed by atoms with Crippen molar-refractivity contribution in [3.63, 3.8) is 0 Å². The van der Waals surface area contributed by atoms with E-state index >= 15 is 0 Å². The zero-order valence-corrected chi connectivity index (χ0v) is 25.6. The number of carbonyl (C=O) groups is 1. The molecule has 0 saturated carbocycles. The van der Waals surface area contributed by atoms with E-state index in [9.17, 15) is 9.59 Å². The van der Waals surface area contributed by atoms with Crippen molar-refractivity contribution >= 4 is 56.9 Å². The van der Waals surface area contributed by atoms with Crippen LogP contribution in [0.4, 0.5) is 0 Å². The summed E-state index contributed by atoms with van der Waals surface area (Å²) >= 11 is 2.60. The van der Waals surface area contributed by atoms with Crippen molar-refractivity contribution in [1.29, 1.82) is 0 Å². The molecule has 0 unspecified atom stereocenters. The first-order valence-electron chi connectivity index (χ1n) is 13.9. The number of nitrogens with zero attached hydrogens (tertiary/aromatic N) is 3. The Morgan fingerprint density at radius 2 is 1.93 bits per heavy atom. The molecule has 0 spiro atoms. The quantitative estimate of drug-likeness (QED) is 0.231. The molecule has 4 heterocycles. The van der Waals surface area contributed by atoms with Crippen molar-refractivity contribution in [3.8, 4) is 5.75 Å². The second kappa shape index (κ2) is 11.3. The Kier molecular flexibility index (Phi) is 7.19. The highest BCUT2D eigenvalue weighted by Crippen LogP contribution is 2.40. The number of H-pyrrole nitrogens is 1. The maximum absolute atomic E-state index is 14.2. The number of esters is 1. The van der Waals surface area contributed by atoms with E-state index in [0.717, 1.165) is 21.8 Å². The van der Waals surface area contributed by atoms with Crippen LogP contribution in [0.15, 0.2) is 109 Å². The van der Waals surface area contributed by atoms with E-state index < -0.39 is 12.0 Å². The number of para-hydroxylation sites is 2. The monoisotopic (exact) mass is 622 g/mol. The SMILES string of the molecule is CCOC(=O)C1=C(C)N=c2s/c(=C/c3ccc(Sc4nc5ccccc5[nH]4)o3)c(=O)n2[C@H]1c1c(OC)ccc2ccccc12. The number of imidazole rings is 1. The number of ether oxygens (including phenoxy) is 2. The minimum Gasteiger partial charge on any atom is -0.496 e. The van der Waals surface area contributed by atoms with Crippen molar-refractivity contribution in [2.75, 3.05) is 13.7 Å². The Balaban J connectivity index is 1.35. The van der Waals surface area contributed by atoms with Gasteiger partial charge < -0.3 is 18.9 Å². The van der Waals surface area contributed by atoms with Gasteiger partial charge >= 0.3 is 5.97 Å². The van der Waals surface area contributed by atoms with Gasteiger partial charge in [-0.05, 0) is 66.7 Å². The molecule has 1 N–H and O–H groups in total. The number of fused-ring (bicyclic) bond motifs is 3. The molecule has 1 atom stereocenters. The van der Waals surface area contributed by atoms with Crippen LogP contribution in [0.2, 0.25) is 0 Å². The van der Waals surface area contributed by atoms with Crippen molar-refractivity contribution in [1.82, 2.24) is 14.5 Å². The fourth-order valence-electron chi connectivity index (χ4n) is 5.47. The van der Waals surface area contributed by atoms with Gasteiger partial charge in [-0.25, -0.2) is 14.8 Å². The summed E-state index contributed by atoms with van der Waals surface area (Å²) in [6, 6.07) is 22.3. The molecule has 0 fully saturated rings. The van der Waals surface area contributed by atoms with Gasteiger partial charge in [0.2, 0.25) is 0 Å². The maximum Gasteiger partial charge on any atom is 0.338 e. The minimum absolute atomic E-state index is 0.187. The van der Waals surface area contributed by atoms with Gasteiger partial charge in [0.1, 0.15) is 17.6 Å². The molecule has 44 heavy (non-hydrogen) atoms. The van der Waals surface area contributed by atoms with Gasteiger partial charge in [0.05, 0.1) is 40.6 Å². The van der Waals surface area contributed by atoms with Crippen LogP contribution in [0.25, 0.3) is 27.9 Å². The van der Waals surface area contributed by atoms with Crippen LogP contribution < -0.4 is 19.6 Å². The lowest BCUT2D eigenvalue weighted by Gasteiger charge is -2.27. The Labute approximate surface area is 259 Å². The van der Waals surface area contributed by atoms with E-state index in [1.54, 1.807) is 31.6 Å². The van der Waals surface area contributed by atoms with Crippen molar-refractivity contribution < 1.29 is 18.7 Å². The number of furan rings is 1. The third-order valence-electron chi connectivity index (χ3n) is 7.38. The first-order chi connectivity index (χ1) is 21.4. The highest BCUT2D eigenvalue weighted by molar-refractivity contribution is 7.99.